The Kier molecular flexibility index (Phi) is 5.23. The van der Waals surface area contributed by atoms with Gasteiger partial charge in [0.1, 0.15) is 10.3 Å². The van der Waals surface area contributed by atoms with E-state index in [1.165, 1.54) is 36.4 Å². The van der Waals surface area contributed by atoms with Gasteiger partial charge in [-0.25, -0.2) is 13.3 Å². The molecule has 0 bridgehead atoms. The fraction of sp³-hybridized carbons (Fsp3) is 0.167. The van der Waals surface area contributed by atoms with Crippen molar-refractivity contribution < 1.29 is 18.0 Å². The molecule has 1 aliphatic rings. The molecule has 1 aromatic carbocycles. The summed E-state index contributed by atoms with van der Waals surface area (Å²) in [6.45, 7) is 3.47. The summed E-state index contributed by atoms with van der Waals surface area (Å²) in [7, 11) is -3.94. The van der Waals surface area contributed by atoms with E-state index < -0.39 is 27.9 Å². The molecule has 2 amide bonds. The van der Waals surface area contributed by atoms with Crippen molar-refractivity contribution in [3.05, 3.63) is 60.0 Å². The minimum absolute atomic E-state index is 0.0921. The Bertz CT molecular complexity index is 1020. The zero-order valence-corrected chi connectivity index (χ0v) is 15.7. The number of hydrogen-bond donors (Lipinski definition) is 0. The van der Waals surface area contributed by atoms with E-state index in [1.54, 1.807) is 11.4 Å². The maximum Gasteiger partial charge on any atom is 0.253 e. The van der Waals surface area contributed by atoms with Gasteiger partial charge in [-0.2, -0.15) is 9.57 Å². The van der Waals surface area contributed by atoms with Crippen LogP contribution in [0.1, 0.15) is 12.0 Å². The molecule has 0 aliphatic carbocycles. The molecule has 2 heterocycles. The Balaban J connectivity index is 1.96. The van der Waals surface area contributed by atoms with E-state index in [1.807, 2.05) is 6.07 Å². The van der Waals surface area contributed by atoms with Gasteiger partial charge in [-0.15, -0.1) is 17.9 Å². The molecule has 1 fully saturated rings. The molecule has 0 radical (unpaired) electrons. The summed E-state index contributed by atoms with van der Waals surface area (Å²) in [5.41, 5.74) is 0.696. The lowest BCUT2D eigenvalue weighted by Gasteiger charge is -2.25. The number of imide groups is 1. The van der Waals surface area contributed by atoms with Gasteiger partial charge >= 0.3 is 0 Å². The Labute approximate surface area is 160 Å². The topological polar surface area (TPSA) is 98.5 Å². The third-order valence-electron chi connectivity index (χ3n) is 4.09. The highest BCUT2D eigenvalue weighted by Crippen LogP contribution is 2.30. The molecule has 138 valence electrons. The number of benzene rings is 1. The third kappa shape index (κ3) is 3.42. The molecule has 3 rings (SSSR count). The number of carbonyl (C=O) groups is 2. The molecular formula is C18H15N3O4S2. The number of nitriles is 1. The largest absolute Gasteiger partial charge is 0.274 e. The van der Waals surface area contributed by atoms with Crippen molar-refractivity contribution in [2.45, 2.75) is 16.7 Å². The molecule has 0 saturated carbocycles. The molecule has 1 atom stereocenters. The van der Waals surface area contributed by atoms with Crippen molar-refractivity contribution in [2.24, 2.45) is 0 Å². The molecule has 1 unspecified atom stereocenters. The van der Waals surface area contributed by atoms with Gasteiger partial charge in [0.05, 0.1) is 23.7 Å². The minimum Gasteiger partial charge on any atom is -0.274 e. The Morgan fingerprint density at radius 2 is 2.00 bits per heavy atom. The van der Waals surface area contributed by atoms with Gasteiger partial charge in [0.25, 0.3) is 15.9 Å². The second kappa shape index (κ2) is 7.44. The minimum atomic E-state index is -3.94. The van der Waals surface area contributed by atoms with E-state index >= 15 is 0 Å². The van der Waals surface area contributed by atoms with Crippen LogP contribution in [-0.2, 0) is 19.6 Å². The maximum absolute atomic E-state index is 12.9. The Hall–Kier alpha value is -2.80. The van der Waals surface area contributed by atoms with Crippen LogP contribution in [-0.4, -0.2) is 37.1 Å². The number of rotatable bonds is 6. The van der Waals surface area contributed by atoms with Crippen LogP contribution in [0.4, 0.5) is 5.69 Å². The SMILES string of the molecule is C=CCN(C1CC(=O)N(c2ccc(C#N)cc2)C1=O)S(=O)(=O)c1cccs1. The number of hydrogen-bond acceptors (Lipinski definition) is 6. The summed E-state index contributed by atoms with van der Waals surface area (Å²) in [6.07, 6.45) is 1.13. The fourth-order valence-corrected chi connectivity index (χ4v) is 5.51. The molecule has 2 aromatic rings. The Morgan fingerprint density at radius 3 is 2.56 bits per heavy atom. The normalized spacial score (nSPS) is 17.3. The lowest BCUT2D eigenvalue weighted by atomic mass is 10.2. The first-order valence-corrected chi connectivity index (χ1v) is 10.3. The molecule has 1 aliphatic heterocycles. The molecule has 9 heteroatoms. The first-order chi connectivity index (χ1) is 12.9. The van der Waals surface area contributed by atoms with Gasteiger partial charge in [0, 0.05) is 6.54 Å². The van der Waals surface area contributed by atoms with Crippen molar-refractivity contribution in [3.8, 4) is 6.07 Å². The van der Waals surface area contributed by atoms with Gasteiger partial charge < -0.3 is 0 Å². The lowest BCUT2D eigenvalue weighted by molar-refractivity contribution is -0.122. The van der Waals surface area contributed by atoms with Gasteiger partial charge in [0.2, 0.25) is 5.91 Å². The maximum atomic E-state index is 12.9. The first kappa shape index (κ1) is 19.0. The van der Waals surface area contributed by atoms with E-state index in [0.717, 1.165) is 20.5 Å². The van der Waals surface area contributed by atoms with Gasteiger partial charge in [-0.3, -0.25) is 9.59 Å². The number of carbonyl (C=O) groups excluding carboxylic acids is 2. The summed E-state index contributed by atoms with van der Waals surface area (Å²) >= 11 is 1.04. The molecule has 1 saturated heterocycles. The Morgan fingerprint density at radius 1 is 1.30 bits per heavy atom. The molecular weight excluding hydrogens is 386 g/mol. The van der Waals surface area contributed by atoms with Crippen LogP contribution in [0.15, 0.2) is 58.6 Å². The third-order valence-corrected chi connectivity index (χ3v) is 7.34. The van der Waals surface area contributed by atoms with Crippen molar-refractivity contribution in [1.29, 1.82) is 5.26 Å². The second-order valence-electron chi connectivity index (χ2n) is 5.74. The number of anilines is 1. The van der Waals surface area contributed by atoms with Crippen LogP contribution in [0.3, 0.4) is 0 Å². The second-order valence-corrected chi connectivity index (χ2v) is 8.81. The number of amides is 2. The summed E-state index contributed by atoms with van der Waals surface area (Å²) in [4.78, 5) is 26.3. The summed E-state index contributed by atoms with van der Waals surface area (Å²) in [5.74, 6) is -1.11. The fourth-order valence-electron chi connectivity index (χ4n) is 2.84. The molecule has 7 nitrogen and oxygen atoms in total. The lowest BCUT2D eigenvalue weighted by Crippen LogP contribution is -2.45. The van der Waals surface area contributed by atoms with Crippen LogP contribution >= 0.6 is 11.3 Å². The van der Waals surface area contributed by atoms with E-state index in [-0.39, 0.29) is 17.2 Å². The molecule has 0 spiro atoms. The van der Waals surface area contributed by atoms with E-state index in [0.29, 0.717) is 11.3 Å². The quantitative estimate of drug-likeness (QED) is 0.545. The first-order valence-electron chi connectivity index (χ1n) is 7.93. The predicted octanol–water partition coefficient (Wildman–Crippen LogP) is 2.13. The van der Waals surface area contributed by atoms with Crippen LogP contribution in [0, 0.1) is 11.3 Å². The van der Waals surface area contributed by atoms with Crippen molar-refractivity contribution in [3.63, 3.8) is 0 Å². The van der Waals surface area contributed by atoms with E-state index in [2.05, 4.69) is 6.58 Å². The predicted molar refractivity (Wildman–Crippen MR) is 100 cm³/mol. The highest BCUT2D eigenvalue weighted by molar-refractivity contribution is 7.91. The molecule has 27 heavy (non-hydrogen) atoms. The highest BCUT2D eigenvalue weighted by Gasteiger charge is 2.46. The number of nitrogens with zero attached hydrogens (tertiary/aromatic N) is 3. The van der Waals surface area contributed by atoms with Gasteiger partial charge in [0.15, 0.2) is 0 Å². The molecule has 0 N–H and O–H groups in total. The average molecular weight is 401 g/mol. The van der Waals surface area contributed by atoms with Gasteiger partial charge in [-0.1, -0.05) is 12.1 Å². The average Bonchev–Trinajstić information content (AvgIpc) is 3.29. The smallest absolute Gasteiger partial charge is 0.253 e. The number of sulfonamides is 1. The summed E-state index contributed by atoms with van der Waals surface area (Å²) < 4.78 is 26.9. The van der Waals surface area contributed by atoms with Crippen LogP contribution in [0.5, 0.6) is 0 Å². The van der Waals surface area contributed by atoms with Crippen LogP contribution in [0.25, 0.3) is 0 Å². The van der Waals surface area contributed by atoms with Gasteiger partial charge in [-0.05, 0) is 35.7 Å². The van der Waals surface area contributed by atoms with Crippen molar-refractivity contribution >= 4 is 38.9 Å². The van der Waals surface area contributed by atoms with Crippen molar-refractivity contribution in [2.75, 3.05) is 11.4 Å². The van der Waals surface area contributed by atoms with Crippen LogP contribution < -0.4 is 4.90 Å². The van der Waals surface area contributed by atoms with E-state index in [9.17, 15) is 18.0 Å². The standard InChI is InChI=1S/C18H15N3O4S2/c1-2-9-20(27(24,25)17-4-3-10-26-17)15-11-16(22)21(18(15)23)14-7-5-13(12-19)6-8-14/h2-8,10,15H,1,9,11H2. The summed E-state index contributed by atoms with van der Waals surface area (Å²) in [6, 6.07) is 9.84. The summed E-state index contributed by atoms with van der Waals surface area (Å²) in [5, 5.41) is 10.5. The van der Waals surface area contributed by atoms with E-state index in [4.69, 9.17) is 5.26 Å². The number of thiophene rings is 1. The zero-order chi connectivity index (χ0) is 19.6. The molecule has 1 aromatic heterocycles. The zero-order valence-electron chi connectivity index (χ0n) is 14.1. The van der Waals surface area contributed by atoms with Crippen LogP contribution in [0.2, 0.25) is 0 Å². The van der Waals surface area contributed by atoms with Crippen molar-refractivity contribution in [1.82, 2.24) is 4.31 Å². The highest BCUT2D eigenvalue weighted by atomic mass is 32.2. The monoisotopic (exact) mass is 401 g/mol.